The third-order valence-corrected chi connectivity index (χ3v) is 4.19. The van der Waals surface area contributed by atoms with Crippen LogP contribution in [0.4, 0.5) is 4.39 Å². The monoisotopic (exact) mass is 383 g/mol. The molecule has 28 heavy (non-hydrogen) atoms. The van der Waals surface area contributed by atoms with Gasteiger partial charge in [0, 0.05) is 13.6 Å². The Balaban J connectivity index is 1.58. The minimum Gasteiger partial charge on any atom is -0.494 e. The maximum absolute atomic E-state index is 12.9. The lowest BCUT2D eigenvalue weighted by Crippen LogP contribution is -2.29. The summed E-state index contributed by atoms with van der Waals surface area (Å²) in [6.07, 6.45) is 2.31. The first kappa shape index (κ1) is 19.4. The molecular weight excluding hydrogens is 361 g/mol. The van der Waals surface area contributed by atoms with E-state index in [1.54, 1.807) is 35.0 Å². The van der Waals surface area contributed by atoms with E-state index in [-0.39, 0.29) is 17.4 Å². The summed E-state index contributed by atoms with van der Waals surface area (Å²) in [4.78, 5) is 14.3. The number of aromatic nitrogens is 2. The van der Waals surface area contributed by atoms with E-state index < -0.39 is 0 Å². The van der Waals surface area contributed by atoms with Crippen molar-refractivity contribution in [2.45, 2.75) is 6.42 Å². The second-order valence-electron chi connectivity index (χ2n) is 6.21. The Bertz CT molecular complexity index is 910. The highest BCUT2D eigenvalue weighted by molar-refractivity contribution is 5.94. The molecule has 0 saturated heterocycles. The lowest BCUT2D eigenvalue weighted by molar-refractivity contribution is 0.0778. The molecule has 146 valence electrons. The number of rotatable bonds is 8. The van der Waals surface area contributed by atoms with Crippen molar-refractivity contribution >= 4 is 5.91 Å². The smallest absolute Gasteiger partial charge is 0.277 e. The summed E-state index contributed by atoms with van der Waals surface area (Å²) < 4.78 is 25.4. The maximum Gasteiger partial charge on any atom is 0.277 e. The third kappa shape index (κ3) is 4.68. The van der Waals surface area contributed by atoms with Crippen LogP contribution in [0.1, 0.15) is 16.9 Å². The average molecular weight is 383 g/mol. The Morgan fingerprint density at radius 3 is 2.54 bits per heavy atom. The molecule has 0 atom stereocenters. The van der Waals surface area contributed by atoms with Gasteiger partial charge < -0.3 is 14.4 Å². The van der Waals surface area contributed by atoms with Gasteiger partial charge in [-0.05, 0) is 42.8 Å². The first-order valence-electron chi connectivity index (χ1n) is 8.91. The molecule has 0 saturated carbocycles. The Labute approximate surface area is 163 Å². The summed E-state index contributed by atoms with van der Waals surface area (Å²) >= 11 is 0. The van der Waals surface area contributed by atoms with Crippen LogP contribution < -0.4 is 9.47 Å². The maximum atomic E-state index is 12.9. The molecule has 3 aromatic rings. The average Bonchev–Trinajstić information content (AvgIpc) is 3.17. The summed E-state index contributed by atoms with van der Waals surface area (Å²) in [6.45, 7) is 0.903. The van der Waals surface area contributed by atoms with Gasteiger partial charge in [-0.1, -0.05) is 18.2 Å². The molecule has 0 spiro atoms. The molecule has 1 amide bonds. The fourth-order valence-corrected chi connectivity index (χ4v) is 2.67. The van der Waals surface area contributed by atoms with Crippen molar-refractivity contribution in [3.63, 3.8) is 0 Å². The molecule has 0 unspecified atom stereocenters. The van der Waals surface area contributed by atoms with Crippen molar-refractivity contribution in [3.8, 4) is 17.2 Å². The molecule has 0 aliphatic rings. The highest BCUT2D eigenvalue weighted by Crippen LogP contribution is 2.21. The van der Waals surface area contributed by atoms with Gasteiger partial charge in [0.15, 0.2) is 11.4 Å². The molecule has 0 fully saturated rings. The van der Waals surface area contributed by atoms with E-state index in [4.69, 9.17) is 9.47 Å². The van der Waals surface area contributed by atoms with Crippen LogP contribution in [0, 0.1) is 5.82 Å². The van der Waals surface area contributed by atoms with Crippen LogP contribution in [0.25, 0.3) is 5.69 Å². The molecule has 7 heteroatoms. The standard InChI is InChI=1S/C21H22FN3O3/c1-24(13-6-14-28-18-11-9-16(22)10-12-18)21(26)20-19(27-2)15-25(23-20)17-7-4-3-5-8-17/h3-5,7-12,15H,6,13-14H2,1-2H3. The van der Waals surface area contributed by atoms with Crippen LogP contribution in [0.5, 0.6) is 11.5 Å². The second kappa shape index (κ2) is 9.03. The van der Waals surface area contributed by atoms with Gasteiger partial charge in [0.1, 0.15) is 11.6 Å². The van der Waals surface area contributed by atoms with E-state index in [0.717, 1.165) is 5.69 Å². The van der Waals surface area contributed by atoms with Crippen molar-refractivity contribution in [1.29, 1.82) is 0 Å². The zero-order chi connectivity index (χ0) is 19.9. The summed E-state index contributed by atoms with van der Waals surface area (Å²) in [7, 11) is 3.22. The summed E-state index contributed by atoms with van der Waals surface area (Å²) in [5.41, 5.74) is 1.10. The molecule has 0 radical (unpaired) electrons. The summed E-state index contributed by atoms with van der Waals surface area (Å²) in [6, 6.07) is 15.4. The number of amides is 1. The lowest BCUT2D eigenvalue weighted by Gasteiger charge is -2.16. The highest BCUT2D eigenvalue weighted by Gasteiger charge is 2.21. The van der Waals surface area contributed by atoms with E-state index in [1.165, 1.54) is 19.2 Å². The van der Waals surface area contributed by atoms with Gasteiger partial charge in [-0.2, -0.15) is 5.10 Å². The van der Waals surface area contributed by atoms with Gasteiger partial charge in [-0.15, -0.1) is 0 Å². The van der Waals surface area contributed by atoms with Crippen molar-refractivity contribution < 1.29 is 18.7 Å². The highest BCUT2D eigenvalue weighted by atomic mass is 19.1. The van der Waals surface area contributed by atoms with Crippen LogP contribution in [0.3, 0.4) is 0 Å². The van der Waals surface area contributed by atoms with Gasteiger partial charge in [0.25, 0.3) is 5.91 Å². The number of ether oxygens (including phenoxy) is 2. The Kier molecular flexibility index (Phi) is 6.26. The fraction of sp³-hybridized carbons (Fsp3) is 0.238. The molecular formula is C21H22FN3O3. The van der Waals surface area contributed by atoms with E-state index >= 15 is 0 Å². The van der Waals surface area contributed by atoms with Gasteiger partial charge in [-0.3, -0.25) is 4.79 Å². The largest absolute Gasteiger partial charge is 0.494 e. The molecule has 0 N–H and O–H groups in total. The molecule has 0 bridgehead atoms. The topological polar surface area (TPSA) is 56.6 Å². The fourth-order valence-electron chi connectivity index (χ4n) is 2.67. The minimum absolute atomic E-state index is 0.228. The number of hydrogen-bond acceptors (Lipinski definition) is 4. The number of para-hydroxylation sites is 1. The van der Waals surface area contributed by atoms with Crippen LogP contribution in [0.15, 0.2) is 60.8 Å². The quantitative estimate of drug-likeness (QED) is 0.558. The minimum atomic E-state index is -0.304. The Hall–Kier alpha value is -3.35. The van der Waals surface area contributed by atoms with E-state index in [0.29, 0.717) is 31.1 Å². The Morgan fingerprint density at radius 2 is 1.86 bits per heavy atom. The molecule has 0 aliphatic heterocycles. The summed E-state index contributed by atoms with van der Waals surface area (Å²) in [5, 5.41) is 4.39. The number of methoxy groups -OCH3 is 1. The van der Waals surface area contributed by atoms with Crippen LogP contribution in [0.2, 0.25) is 0 Å². The van der Waals surface area contributed by atoms with E-state index in [1.807, 2.05) is 30.3 Å². The number of hydrogen-bond donors (Lipinski definition) is 0. The zero-order valence-electron chi connectivity index (χ0n) is 15.8. The number of carbonyl (C=O) groups excluding carboxylic acids is 1. The molecule has 6 nitrogen and oxygen atoms in total. The number of halogens is 1. The lowest BCUT2D eigenvalue weighted by atomic mass is 10.3. The van der Waals surface area contributed by atoms with E-state index in [9.17, 15) is 9.18 Å². The van der Waals surface area contributed by atoms with Gasteiger partial charge in [0.2, 0.25) is 0 Å². The molecule has 1 heterocycles. The summed E-state index contributed by atoms with van der Waals surface area (Å²) in [5.74, 6) is 0.483. The van der Waals surface area contributed by atoms with Crippen LogP contribution >= 0.6 is 0 Å². The predicted molar refractivity (Wildman–Crippen MR) is 104 cm³/mol. The van der Waals surface area contributed by atoms with Crippen LogP contribution in [-0.2, 0) is 0 Å². The molecule has 2 aromatic carbocycles. The van der Waals surface area contributed by atoms with Gasteiger partial charge in [-0.25, -0.2) is 9.07 Å². The van der Waals surface area contributed by atoms with Crippen molar-refractivity contribution in [1.82, 2.24) is 14.7 Å². The van der Waals surface area contributed by atoms with Crippen molar-refractivity contribution in [3.05, 3.63) is 72.3 Å². The second-order valence-corrected chi connectivity index (χ2v) is 6.21. The molecule has 3 rings (SSSR count). The van der Waals surface area contributed by atoms with Gasteiger partial charge >= 0.3 is 0 Å². The molecule has 0 aliphatic carbocycles. The van der Waals surface area contributed by atoms with Crippen LogP contribution in [-0.4, -0.2) is 47.9 Å². The zero-order valence-corrected chi connectivity index (χ0v) is 15.8. The normalized spacial score (nSPS) is 10.5. The number of benzene rings is 2. The number of carbonyl (C=O) groups is 1. The SMILES string of the molecule is COc1cn(-c2ccccc2)nc1C(=O)N(C)CCCOc1ccc(F)cc1. The van der Waals surface area contributed by atoms with Gasteiger partial charge in [0.05, 0.1) is 25.6 Å². The predicted octanol–water partition coefficient (Wildman–Crippen LogP) is 3.56. The van der Waals surface area contributed by atoms with Crippen molar-refractivity contribution in [2.24, 2.45) is 0 Å². The first-order chi connectivity index (χ1) is 13.6. The van der Waals surface area contributed by atoms with Crippen molar-refractivity contribution in [2.75, 3.05) is 27.3 Å². The van der Waals surface area contributed by atoms with E-state index in [2.05, 4.69) is 5.10 Å². The Morgan fingerprint density at radius 1 is 1.14 bits per heavy atom. The number of nitrogens with zero attached hydrogens (tertiary/aromatic N) is 3. The molecule has 1 aromatic heterocycles. The first-order valence-corrected chi connectivity index (χ1v) is 8.91. The third-order valence-electron chi connectivity index (χ3n) is 4.19.